The molecule has 2 aliphatic rings. The Labute approximate surface area is 187 Å². The Hall–Kier alpha value is -3.35. The lowest BCUT2D eigenvalue weighted by molar-refractivity contribution is -0.155. The van der Waals surface area contributed by atoms with Crippen LogP contribution in [0.3, 0.4) is 0 Å². The van der Waals surface area contributed by atoms with E-state index < -0.39 is 23.6 Å². The predicted molar refractivity (Wildman–Crippen MR) is 119 cm³/mol. The lowest BCUT2D eigenvalue weighted by Gasteiger charge is -2.32. The van der Waals surface area contributed by atoms with E-state index in [1.807, 2.05) is 24.3 Å². The summed E-state index contributed by atoms with van der Waals surface area (Å²) >= 11 is 0. The Balaban J connectivity index is 1.34. The molecule has 7 heteroatoms. The number of nitrogens with zero attached hydrogens (tertiary/aromatic N) is 1. The number of alkyl carbamates (subject to hydrolysis) is 1. The molecule has 0 bridgehead atoms. The normalized spacial score (nSPS) is 20.4. The summed E-state index contributed by atoms with van der Waals surface area (Å²) in [5.74, 6) is -1.31. The fourth-order valence-corrected chi connectivity index (χ4v) is 4.85. The van der Waals surface area contributed by atoms with Gasteiger partial charge in [-0.25, -0.2) is 9.59 Å². The largest absolute Gasteiger partial charge is 0.480 e. The van der Waals surface area contributed by atoms with Crippen LogP contribution in [0.25, 0.3) is 11.1 Å². The highest BCUT2D eigenvalue weighted by Gasteiger charge is 2.45. The van der Waals surface area contributed by atoms with Crippen LogP contribution in [-0.2, 0) is 14.3 Å². The molecule has 2 N–H and O–H groups in total. The summed E-state index contributed by atoms with van der Waals surface area (Å²) in [5, 5.41) is 12.2. The molecular weight excluding hydrogens is 408 g/mol. The molecule has 1 aliphatic carbocycles. The Morgan fingerprint density at radius 2 is 1.72 bits per heavy atom. The Morgan fingerprint density at radius 3 is 2.31 bits per heavy atom. The number of carboxylic acid groups (broad SMARTS) is 1. The number of benzene rings is 2. The smallest absolute Gasteiger partial charge is 0.407 e. The van der Waals surface area contributed by atoms with E-state index in [4.69, 9.17) is 4.74 Å². The number of amides is 2. The fraction of sp³-hybridized carbons (Fsp3) is 0.400. The second-order valence-corrected chi connectivity index (χ2v) is 8.80. The zero-order valence-electron chi connectivity index (χ0n) is 18.3. The van der Waals surface area contributed by atoms with Crippen LogP contribution in [0.2, 0.25) is 0 Å². The van der Waals surface area contributed by atoms with Crippen LogP contribution in [-0.4, -0.2) is 52.7 Å². The second-order valence-electron chi connectivity index (χ2n) is 8.80. The predicted octanol–water partition coefficient (Wildman–Crippen LogP) is 3.77. The van der Waals surface area contributed by atoms with Crippen LogP contribution in [0.15, 0.2) is 48.5 Å². The third-order valence-corrected chi connectivity index (χ3v) is 6.59. The summed E-state index contributed by atoms with van der Waals surface area (Å²) in [4.78, 5) is 38.1. The van der Waals surface area contributed by atoms with Crippen LogP contribution in [0.5, 0.6) is 0 Å². The van der Waals surface area contributed by atoms with Crippen LogP contribution in [0.1, 0.15) is 50.2 Å². The van der Waals surface area contributed by atoms with Gasteiger partial charge in [0.15, 0.2) is 0 Å². The van der Waals surface area contributed by atoms with Gasteiger partial charge in [0.2, 0.25) is 5.91 Å². The summed E-state index contributed by atoms with van der Waals surface area (Å²) in [6, 6.07) is 15.7. The van der Waals surface area contributed by atoms with Gasteiger partial charge in [-0.05, 0) is 48.9 Å². The molecule has 168 valence electrons. The van der Waals surface area contributed by atoms with Gasteiger partial charge in [-0.3, -0.25) is 4.79 Å². The summed E-state index contributed by atoms with van der Waals surface area (Å²) in [6.45, 7) is 3.90. The van der Waals surface area contributed by atoms with E-state index >= 15 is 0 Å². The van der Waals surface area contributed by atoms with Gasteiger partial charge in [0, 0.05) is 24.9 Å². The van der Waals surface area contributed by atoms with Crippen molar-refractivity contribution in [3.8, 4) is 11.1 Å². The van der Waals surface area contributed by atoms with Gasteiger partial charge in [0.05, 0.1) is 0 Å². The number of ether oxygens (including phenoxy) is 1. The lowest BCUT2D eigenvalue weighted by atomic mass is 9.98. The van der Waals surface area contributed by atoms with Gasteiger partial charge < -0.3 is 20.1 Å². The summed E-state index contributed by atoms with van der Waals surface area (Å²) in [6.07, 6.45) is 0.521. The van der Waals surface area contributed by atoms with Crippen molar-refractivity contribution in [1.29, 1.82) is 0 Å². The third-order valence-electron chi connectivity index (χ3n) is 6.59. The topological polar surface area (TPSA) is 95.9 Å². The Kier molecular flexibility index (Phi) is 5.91. The summed E-state index contributed by atoms with van der Waals surface area (Å²) < 4.78 is 5.53. The summed E-state index contributed by atoms with van der Waals surface area (Å²) in [7, 11) is 0. The molecule has 0 radical (unpaired) electrons. The first-order valence-corrected chi connectivity index (χ1v) is 11.0. The van der Waals surface area contributed by atoms with E-state index in [1.165, 1.54) is 4.90 Å². The molecule has 1 unspecified atom stereocenters. The number of carbonyl (C=O) groups is 3. The van der Waals surface area contributed by atoms with Crippen molar-refractivity contribution in [3.05, 3.63) is 59.7 Å². The fourth-order valence-electron chi connectivity index (χ4n) is 4.85. The first-order chi connectivity index (χ1) is 15.3. The number of aliphatic carboxylic acids is 1. The zero-order chi connectivity index (χ0) is 22.9. The number of hydrogen-bond donors (Lipinski definition) is 2. The van der Waals surface area contributed by atoms with Crippen molar-refractivity contribution in [2.45, 2.75) is 50.6 Å². The molecule has 1 heterocycles. The maximum absolute atomic E-state index is 12.7. The zero-order valence-corrected chi connectivity index (χ0v) is 18.3. The molecule has 1 saturated heterocycles. The van der Waals surface area contributed by atoms with E-state index in [1.54, 1.807) is 13.8 Å². The number of rotatable bonds is 6. The first kappa shape index (κ1) is 21.9. The molecule has 4 rings (SSSR count). The molecule has 2 amide bonds. The molecular formula is C25H28N2O5. The molecule has 2 aromatic carbocycles. The van der Waals surface area contributed by atoms with Crippen LogP contribution in [0.4, 0.5) is 4.79 Å². The number of carboxylic acids is 1. The van der Waals surface area contributed by atoms with Crippen molar-refractivity contribution in [2.75, 3.05) is 13.2 Å². The van der Waals surface area contributed by atoms with E-state index in [2.05, 4.69) is 29.6 Å². The molecule has 0 spiro atoms. The minimum atomic E-state index is -1.18. The average Bonchev–Trinajstić information content (AvgIpc) is 3.31. The number of likely N-dealkylation sites (tertiary alicyclic amines) is 1. The van der Waals surface area contributed by atoms with Crippen LogP contribution >= 0.6 is 0 Å². The van der Waals surface area contributed by atoms with Crippen molar-refractivity contribution < 1.29 is 24.2 Å². The second kappa shape index (κ2) is 8.65. The van der Waals surface area contributed by atoms with Gasteiger partial charge >= 0.3 is 12.1 Å². The molecule has 1 fully saturated rings. The highest BCUT2D eigenvalue weighted by molar-refractivity contribution is 5.88. The number of hydrogen-bond acceptors (Lipinski definition) is 4. The number of nitrogens with one attached hydrogen (secondary N) is 1. The highest BCUT2D eigenvalue weighted by atomic mass is 16.5. The minimum Gasteiger partial charge on any atom is -0.480 e. The van der Waals surface area contributed by atoms with Gasteiger partial charge in [-0.2, -0.15) is 0 Å². The number of carbonyl (C=O) groups excluding carboxylic acids is 2. The highest BCUT2D eigenvalue weighted by Crippen LogP contribution is 2.44. The quantitative estimate of drug-likeness (QED) is 0.719. The maximum atomic E-state index is 12.7. The van der Waals surface area contributed by atoms with Crippen LogP contribution < -0.4 is 5.32 Å². The van der Waals surface area contributed by atoms with Crippen molar-refractivity contribution >= 4 is 18.0 Å². The van der Waals surface area contributed by atoms with Gasteiger partial charge in [0.25, 0.3) is 0 Å². The first-order valence-electron chi connectivity index (χ1n) is 11.0. The van der Waals surface area contributed by atoms with Gasteiger partial charge in [0.1, 0.15) is 12.1 Å². The van der Waals surface area contributed by atoms with E-state index in [0.717, 1.165) is 22.3 Å². The Morgan fingerprint density at radius 1 is 1.12 bits per heavy atom. The standard InChI is InChI=1S/C25H28N2O5/c1-16(14-22(28)27-13-7-12-25(27,2)23(29)30)26-24(31)32-15-21-19-10-5-3-8-17(19)18-9-4-6-11-20(18)21/h3-6,8-11,16,21H,7,12-15H2,1-2H3,(H,26,31)(H,29,30)/t16?,25-/m0/s1. The summed E-state index contributed by atoms with van der Waals surface area (Å²) in [5.41, 5.74) is 3.39. The molecule has 2 aromatic rings. The van der Waals surface area contributed by atoms with E-state index in [0.29, 0.717) is 19.4 Å². The SMILES string of the molecule is CC(CC(=O)N1CCC[C@@]1(C)C(=O)O)NC(=O)OCC1c2ccccc2-c2ccccc21. The third kappa shape index (κ3) is 3.95. The van der Waals surface area contributed by atoms with Gasteiger partial charge in [-0.15, -0.1) is 0 Å². The number of fused-ring (bicyclic) bond motifs is 3. The molecule has 7 nitrogen and oxygen atoms in total. The molecule has 0 saturated carbocycles. The molecule has 1 aliphatic heterocycles. The molecule has 2 atom stereocenters. The van der Waals surface area contributed by atoms with Crippen molar-refractivity contribution in [3.63, 3.8) is 0 Å². The monoisotopic (exact) mass is 436 g/mol. The maximum Gasteiger partial charge on any atom is 0.407 e. The van der Waals surface area contributed by atoms with Gasteiger partial charge in [-0.1, -0.05) is 48.5 Å². The van der Waals surface area contributed by atoms with Crippen LogP contribution in [0, 0.1) is 0 Å². The minimum absolute atomic E-state index is 0.0209. The Bertz CT molecular complexity index is 1010. The molecule has 0 aromatic heterocycles. The average molecular weight is 437 g/mol. The van der Waals surface area contributed by atoms with Crippen molar-refractivity contribution in [1.82, 2.24) is 10.2 Å². The van der Waals surface area contributed by atoms with E-state index in [-0.39, 0.29) is 24.9 Å². The lowest BCUT2D eigenvalue weighted by Crippen LogP contribution is -2.52. The van der Waals surface area contributed by atoms with E-state index in [9.17, 15) is 19.5 Å². The van der Waals surface area contributed by atoms with Crippen molar-refractivity contribution in [2.24, 2.45) is 0 Å². The molecule has 32 heavy (non-hydrogen) atoms.